The molecule has 0 aliphatic carbocycles. The number of benzene rings is 7. The standard InChI is InChI=1S/C42H26N2O.C2H6.CH4S/c1-2-10-29(11-3-1)43-39-17-9-6-14-33(39)34-24-27(18-21-40(34)43)28-19-22-41-35(25-28)36-26-30(20-23-42(36)45-41)44-37-15-7-4-12-31(37)32-13-5-8-16-38(32)44;2*1-2/h1-26H;1-2H3;2H,1H3. The monoisotopic (exact) mass is 652 g/mol. The molecule has 0 aliphatic rings. The van der Waals surface area contributed by atoms with Crippen LogP contribution in [-0.4, -0.2) is 15.4 Å². The van der Waals surface area contributed by atoms with Crippen LogP contribution in [0, 0.1) is 0 Å². The second-order valence-corrected chi connectivity index (χ2v) is 11.8. The molecule has 0 N–H and O–H groups in total. The summed E-state index contributed by atoms with van der Waals surface area (Å²) < 4.78 is 11.1. The Balaban J connectivity index is 0.000000843. The van der Waals surface area contributed by atoms with E-state index in [2.05, 4.69) is 179 Å². The van der Waals surface area contributed by atoms with Crippen LogP contribution in [0.15, 0.2) is 162 Å². The number of fused-ring (bicyclic) bond motifs is 9. The lowest BCUT2D eigenvalue weighted by atomic mass is 10.0. The topological polar surface area (TPSA) is 23.0 Å². The second-order valence-electron chi connectivity index (χ2n) is 11.8. The molecule has 7 aromatic carbocycles. The zero-order valence-electron chi connectivity index (χ0n) is 27.8. The van der Waals surface area contributed by atoms with Crippen molar-refractivity contribution < 1.29 is 4.42 Å². The van der Waals surface area contributed by atoms with Gasteiger partial charge in [0.1, 0.15) is 11.2 Å². The van der Waals surface area contributed by atoms with Gasteiger partial charge in [-0.25, -0.2) is 0 Å². The van der Waals surface area contributed by atoms with E-state index in [4.69, 9.17) is 4.42 Å². The van der Waals surface area contributed by atoms with E-state index >= 15 is 0 Å². The second kappa shape index (κ2) is 12.7. The van der Waals surface area contributed by atoms with Crippen molar-refractivity contribution in [2.24, 2.45) is 0 Å². The minimum Gasteiger partial charge on any atom is -0.456 e. The van der Waals surface area contributed by atoms with Crippen molar-refractivity contribution in [3.05, 3.63) is 158 Å². The molecule has 3 aromatic heterocycles. The number of hydrogen-bond acceptors (Lipinski definition) is 2. The van der Waals surface area contributed by atoms with Crippen LogP contribution in [0.2, 0.25) is 0 Å². The fourth-order valence-electron chi connectivity index (χ4n) is 7.29. The fourth-order valence-corrected chi connectivity index (χ4v) is 7.29. The molecule has 3 heterocycles. The van der Waals surface area contributed by atoms with Crippen LogP contribution in [-0.2, 0) is 0 Å². The molecule has 10 rings (SSSR count). The number of thiol groups is 1. The SMILES string of the molecule is CC.CS.c1ccc(-n2c3ccccc3c3cc(-c4ccc5oc6ccc(-n7c8ccccc8c8ccccc87)cc6c5c4)ccc32)cc1. The van der Waals surface area contributed by atoms with Crippen molar-refractivity contribution in [2.75, 3.05) is 6.26 Å². The molecule has 0 fully saturated rings. The van der Waals surface area contributed by atoms with Gasteiger partial charge in [0.2, 0.25) is 0 Å². The average Bonchev–Trinajstić information content (AvgIpc) is 3.83. The Morgan fingerprint density at radius 2 is 0.796 bits per heavy atom. The largest absolute Gasteiger partial charge is 0.456 e. The summed E-state index contributed by atoms with van der Waals surface area (Å²) in [6, 6.07) is 56.5. The first-order chi connectivity index (χ1) is 24.3. The highest BCUT2D eigenvalue weighted by Crippen LogP contribution is 2.39. The third-order valence-electron chi connectivity index (χ3n) is 9.31. The van der Waals surface area contributed by atoms with Crippen LogP contribution < -0.4 is 0 Å². The lowest BCUT2D eigenvalue weighted by Gasteiger charge is -2.08. The van der Waals surface area contributed by atoms with Gasteiger partial charge in [0.15, 0.2) is 0 Å². The molecule has 0 atom stereocenters. The van der Waals surface area contributed by atoms with E-state index < -0.39 is 0 Å². The summed E-state index contributed by atoms with van der Waals surface area (Å²) in [5.74, 6) is 0. The van der Waals surface area contributed by atoms with Crippen LogP contribution >= 0.6 is 12.6 Å². The summed E-state index contributed by atoms with van der Waals surface area (Å²) in [4.78, 5) is 0. The summed E-state index contributed by atoms with van der Waals surface area (Å²) >= 11 is 3.53. The van der Waals surface area contributed by atoms with Crippen molar-refractivity contribution >= 4 is 78.2 Å². The first kappa shape index (κ1) is 30.6. The van der Waals surface area contributed by atoms with Gasteiger partial charge in [-0.05, 0) is 90.2 Å². The molecule has 0 bridgehead atoms. The number of aromatic nitrogens is 2. The van der Waals surface area contributed by atoms with E-state index in [1.54, 1.807) is 6.26 Å². The normalized spacial score (nSPS) is 11.3. The summed E-state index contributed by atoms with van der Waals surface area (Å²) in [5, 5.41) is 7.26. The summed E-state index contributed by atoms with van der Waals surface area (Å²) in [5.41, 5.74) is 11.3. The Morgan fingerprint density at radius 3 is 1.41 bits per heavy atom. The molecule has 3 nitrogen and oxygen atoms in total. The summed E-state index contributed by atoms with van der Waals surface area (Å²) in [7, 11) is 0. The maximum absolute atomic E-state index is 6.36. The van der Waals surface area contributed by atoms with Gasteiger partial charge in [-0.2, -0.15) is 12.6 Å². The number of hydrogen-bond donors (Lipinski definition) is 1. The molecule has 49 heavy (non-hydrogen) atoms. The van der Waals surface area contributed by atoms with Crippen LogP contribution in [0.25, 0.3) is 88.1 Å². The van der Waals surface area contributed by atoms with Crippen LogP contribution in [0.5, 0.6) is 0 Å². The molecule has 0 spiro atoms. The number of nitrogens with zero attached hydrogens (tertiary/aromatic N) is 2. The van der Waals surface area contributed by atoms with Gasteiger partial charge in [-0.1, -0.05) is 98.8 Å². The molecule has 0 aliphatic heterocycles. The third kappa shape index (κ3) is 4.91. The van der Waals surface area contributed by atoms with Gasteiger partial charge >= 0.3 is 0 Å². The number of para-hydroxylation sites is 4. The van der Waals surface area contributed by atoms with Crippen LogP contribution in [0.3, 0.4) is 0 Å². The zero-order valence-corrected chi connectivity index (χ0v) is 28.7. The maximum atomic E-state index is 6.36. The highest BCUT2D eigenvalue weighted by atomic mass is 32.1. The Hall–Kier alpha value is -5.71. The lowest BCUT2D eigenvalue weighted by Crippen LogP contribution is -1.93. The van der Waals surface area contributed by atoms with E-state index in [9.17, 15) is 0 Å². The van der Waals surface area contributed by atoms with Gasteiger partial charge in [-0.3, -0.25) is 0 Å². The molecule has 0 radical (unpaired) electrons. The van der Waals surface area contributed by atoms with E-state index in [1.807, 2.05) is 13.8 Å². The van der Waals surface area contributed by atoms with E-state index in [1.165, 1.54) is 60.4 Å². The van der Waals surface area contributed by atoms with Gasteiger partial charge in [0.25, 0.3) is 0 Å². The third-order valence-corrected chi connectivity index (χ3v) is 9.31. The van der Waals surface area contributed by atoms with Crippen molar-refractivity contribution in [3.8, 4) is 22.5 Å². The quantitative estimate of drug-likeness (QED) is 0.189. The minimum atomic E-state index is 0.896. The first-order valence-electron chi connectivity index (χ1n) is 16.8. The Bertz CT molecular complexity index is 2710. The highest BCUT2D eigenvalue weighted by Gasteiger charge is 2.16. The molecule has 0 amide bonds. The molecule has 238 valence electrons. The van der Waals surface area contributed by atoms with E-state index in [-0.39, 0.29) is 0 Å². The van der Waals surface area contributed by atoms with Crippen molar-refractivity contribution in [2.45, 2.75) is 13.8 Å². The van der Waals surface area contributed by atoms with Gasteiger partial charge in [0, 0.05) is 43.7 Å². The Morgan fingerprint density at radius 1 is 0.367 bits per heavy atom. The minimum absolute atomic E-state index is 0.896. The van der Waals surface area contributed by atoms with Gasteiger partial charge in [-0.15, -0.1) is 0 Å². The average molecular weight is 653 g/mol. The number of furan rings is 1. The van der Waals surface area contributed by atoms with Gasteiger partial charge < -0.3 is 13.6 Å². The molecular weight excluding hydrogens is 617 g/mol. The highest BCUT2D eigenvalue weighted by molar-refractivity contribution is 7.79. The van der Waals surface area contributed by atoms with Crippen LogP contribution in [0.1, 0.15) is 13.8 Å². The molecule has 0 unspecified atom stereocenters. The lowest BCUT2D eigenvalue weighted by molar-refractivity contribution is 0.669. The summed E-state index contributed by atoms with van der Waals surface area (Å²) in [6.45, 7) is 4.00. The fraction of sp³-hybridized carbons (Fsp3) is 0.0667. The molecule has 0 saturated heterocycles. The molecule has 4 heteroatoms. The zero-order chi connectivity index (χ0) is 33.5. The predicted molar refractivity (Wildman–Crippen MR) is 214 cm³/mol. The summed E-state index contributed by atoms with van der Waals surface area (Å²) in [6.07, 6.45) is 1.69. The first-order valence-corrected chi connectivity index (χ1v) is 17.7. The van der Waals surface area contributed by atoms with Crippen LogP contribution in [0.4, 0.5) is 0 Å². The Kier molecular flexibility index (Phi) is 7.95. The van der Waals surface area contributed by atoms with E-state index in [0.717, 1.165) is 27.6 Å². The van der Waals surface area contributed by atoms with E-state index in [0.29, 0.717) is 0 Å². The van der Waals surface area contributed by atoms with Crippen molar-refractivity contribution in [1.29, 1.82) is 0 Å². The smallest absolute Gasteiger partial charge is 0.135 e. The number of rotatable bonds is 3. The van der Waals surface area contributed by atoms with Crippen molar-refractivity contribution in [3.63, 3.8) is 0 Å². The maximum Gasteiger partial charge on any atom is 0.135 e. The van der Waals surface area contributed by atoms with Gasteiger partial charge in [0.05, 0.1) is 22.1 Å². The molecule has 10 aromatic rings. The van der Waals surface area contributed by atoms with Crippen molar-refractivity contribution in [1.82, 2.24) is 9.13 Å². The molecule has 0 saturated carbocycles. The predicted octanol–water partition coefficient (Wildman–Crippen LogP) is 13.0. The molecular formula is C45H36N2OS. The Labute approximate surface area is 291 Å².